The second-order valence-electron chi connectivity index (χ2n) is 7.69. The SMILES string of the molecule is [B][C@@H]1O[C@H](CC(F)P(=O)(OCC)OCC)CC1OP(OCCC#N)N(C(C)C)C(C)C. The molecule has 0 spiro atoms. The van der Waals surface area contributed by atoms with E-state index in [0.717, 1.165) is 0 Å². The number of alkyl halides is 1. The maximum atomic E-state index is 14.8. The number of hydrogen-bond acceptors (Lipinski definition) is 8. The van der Waals surface area contributed by atoms with Crippen LogP contribution in [0.15, 0.2) is 0 Å². The van der Waals surface area contributed by atoms with Crippen LogP contribution < -0.4 is 0 Å². The molecule has 0 aliphatic carbocycles. The third kappa shape index (κ3) is 8.99. The van der Waals surface area contributed by atoms with E-state index in [1.165, 1.54) is 0 Å². The lowest BCUT2D eigenvalue weighted by Crippen LogP contribution is -2.36. The molecule has 1 heterocycles. The lowest BCUT2D eigenvalue weighted by molar-refractivity contribution is 0.0475. The Labute approximate surface area is 189 Å². The van der Waals surface area contributed by atoms with Gasteiger partial charge in [0, 0.05) is 30.9 Å². The predicted octanol–water partition coefficient (Wildman–Crippen LogP) is 4.88. The summed E-state index contributed by atoms with van der Waals surface area (Å²) in [6.07, 6.45) is -0.716. The van der Waals surface area contributed by atoms with E-state index in [4.69, 9.17) is 35.9 Å². The molecule has 12 heteroatoms. The molecule has 1 saturated heterocycles. The molecular weight excluding hydrogens is 444 g/mol. The van der Waals surface area contributed by atoms with Crippen molar-refractivity contribution in [3.63, 3.8) is 0 Å². The van der Waals surface area contributed by atoms with Crippen molar-refractivity contribution in [2.45, 2.75) is 97.0 Å². The molecule has 0 bridgehead atoms. The lowest BCUT2D eigenvalue weighted by atomic mass is 9.94. The summed E-state index contributed by atoms with van der Waals surface area (Å²) in [6.45, 7) is 11.8. The predicted molar refractivity (Wildman–Crippen MR) is 119 cm³/mol. The third-order valence-electron chi connectivity index (χ3n) is 4.52. The van der Waals surface area contributed by atoms with E-state index >= 15 is 0 Å². The molecule has 178 valence electrons. The Morgan fingerprint density at radius 1 is 1.26 bits per heavy atom. The molecule has 5 atom stereocenters. The lowest BCUT2D eigenvalue weighted by Gasteiger charge is -2.37. The molecule has 1 rings (SSSR count). The topological polar surface area (TPSA) is 90.3 Å². The molecule has 1 aliphatic heterocycles. The maximum absolute atomic E-state index is 14.8. The first-order valence-electron chi connectivity index (χ1n) is 10.8. The third-order valence-corrected chi connectivity index (χ3v) is 8.81. The van der Waals surface area contributed by atoms with Gasteiger partial charge in [0.05, 0.1) is 44.5 Å². The van der Waals surface area contributed by atoms with Crippen molar-refractivity contribution in [2.24, 2.45) is 0 Å². The van der Waals surface area contributed by atoms with Crippen molar-refractivity contribution in [2.75, 3.05) is 19.8 Å². The van der Waals surface area contributed by atoms with Crippen LogP contribution >= 0.6 is 16.1 Å². The number of nitriles is 1. The Bertz CT molecular complexity index is 594. The largest absolute Gasteiger partial charge is 0.382 e. The zero-order chi connectivity index (χ0) is 23.6. The normalized spacial score (nSPS) is 24.1. The molecule has 1 aliphatic rings. The molecule has 31 heavy (non-hydrogen) atoms. The fourth-order valence-electron chi connectivity index (χ4n) is 3.33. The Morgan fingerprint density at radius 2 is 1.84 bits per heavy atom. The summed E-state index contributed by atoms with van der Waals surface area (Å²) in [7, 11) is 0.730. The smallest absolute Gasteiger partial charge is 0.364 e. The van der Waals surface area contributed by atoms with Crippen LogP contribution in [0.1, 0.15) is 60.8 Å². The van der Waals surface area contributed by atoms with Crippen molar-refractivity contribution in [3.05, 3.63) is 0 Å². The first kappa shape index (κ1) is 28.9. The van der Waals surface area contributed by atoms with Gasteiger partial charge >= 0.3 is 7.60 Å². The van der Waals surface area contributed by atoms with Crippen molar-refractivity contribution in [3.8, 4) is 6.07 Å². The van der Waals surface area contributed by atoms with E-state index in [-0.39, 0.29) is 44.7 Å². The number of nitrogens with zero attached hydrogens (tertiary/aromatic N) is 2. The van der Waals surface area contributed by atoms with Crippen molar-refractivity contribution < 1.29 is 31.8 Å². The molecular formula is C19H36BFN2O6P2. The highest BCUT2D eigenvalue weighted by atomic mass is 31.2. The van der Waals surface area contributed by atoms with Gasteiger partial charge in [-0.3, -0.25) is 4.57 Å². The first-order chi connectivity index (χ1) is 14.6. The second kappa shape index (κ2) is 14.2. The Kier molecular flexibility index (Phi) is 13.3. The van der Waals surface area contributed by atoms with Gasteiger partial charge in [0.25, 0.3) is 8.53 Å². The molecule has 0 aromatic carbocycles. The van der Waals surface area contributed by atoms with Gasteiger partial charge in [0.2, 0.25) is 5.91 Å². The quantitative estimate of drug-likeness (QED) is 0.186. The zero-order valence-corrected chi connectivity index (χ0v) is 21.2. The van der Waals surface area contributed by atoms with Crippen LogP contribution in [-0.4, -0.2) is 68.5 Å². The van der Waals surface area contributed by atoms with Crippen molar-refractivity contribution in [1.82, 2.24) is 4.67 Å². The zero-order valence-electron chi connectivity index (χ0n) is 19.4. The van der Waals surface area contributed by atoms with E-state index in [1.54, 1.807) is 13.8 Å². The average Bonchev–Trinajstić information content (AvgIpc) is 3.00. The Morgan fingerprint density at radius 3 is 2.32 bits per heavy atom. The van der Waals surface area contributed by atoms with Gasteiger partial charge < -0.3 is 22.8 Å². The fraction of sp³-hybridized carbons (Fsp3) is 0.947. The maximum Gasteiger partial charge on any atom is 0.364 e. The molecule has 8 nitrogen and oxygen atoms in total. The van der Waals surface area contributed by atoms with Gasteiger partial charge in [-0.05, 0) is 41.5 Å². The summed E-state index contributed by atoms with van der Waals surface area (Å²) in [5.74, 6) is -1.82. The average molecular weight is 480 g/mol. The van der Waals surface area contributed by atoms with Gasteiger partial charge in [-0.1, -0.05) is 0 Å². The summed E-state index contributed by atoms with van der Waals surface area (Å²) in [5.41, 5.74) is 0. The number of ether oxygens (including phenoxy) is 1. The molecule has 0 saturated carbocycles. The summed E-state index contributed by atoms with van der Waals surface area (Å²) in [4.78, 5) is 0. The van der Waals surface area contributed by atoms with Crippen LogP contribution in [0.4, 0.5) is 4.39 Å². The minimum Gasteiger partial charge on any atom is -0.382 e. The summed E-state index contributed by atoms with van der Waals surface area (Å²) in [5, 5.41) is 8.83. The standard InChI is InChI=1S/C19H36BFN2O6P2/c1-7-26-31(24,27-8-2)18(21)13-16-12-17(19(20)28-16)29-30(25-11-9-10-22)23(14(3)4)15(5)6/h14-19H,7-9,11-13H2,1-6H3/t16-,17?,18?,19+,30?/m0/s1. The Balaban J connectivity index is 2.83. The summed E-state index contributed by atoms with van der Waals surface area (Å²) < 4.78 is 57.5. The van der Waals surface area contributed by atoms with Crippen molar-refractivity contribution in [1.29, 1.82) is 5.26 Å². The van der Waals surface area contributed by atoms with E-state index in [2.05, 4.69) is 10.7 Å². The van der Waals surface area contributed by atoms with E-state index in [9.17, 15) is 8.96 Å². The molecule has 0 aromatic rings. The molecule has 0 aromatic heterocycles. The van der Waals surface area contributed by atoms with Gasteiger partial charge in [-0.2, -0.15) is 5.26 Å². The van der Waals surface area contributed by atoms with Crippen LogP contribution in [0, 0.1) is 11.3 Å². The molecule has 0 amide bonds. The Hall–Kier alpha value is -0.0951. The summed E-state index contributed by atoms with van der Waals surface area (Å²) >= 11 is 0. The van der Waals surface area contributed by atoms with Crippen LogP contribution in [0.25, 0.3) is 0 Å². The van der Waals surface area contributed by atoms with Crippen LogP contribution in [0.2, 0.25) is 0 Å². The molecule has 2 radical (unpaired) electrons. The number of halogens is 1. The van der Waals surface area contributed by atoms with Gasteiger partial charge in [-0.15, -0.1) is 0 Å². The minimum atomic E-state index is -3.88. The highest BCUT2D eigenvalue weighted by Crippen LogP contribution is 2.56. The highest BCUT2D eigenvalue weighted by Gasteiger charge is 2.43. The van der Waals surface area contributed by atoms with Gasteiger partial charge in [0.15, 0.2) is 0 Å². The van der Waals surface area contributed by atoms with Crippen LogP contribution in [-0.2, 0) is 27.4 Å². The van der Waals surface area contributed by atoms with E-state index in [0.29, 0.717) is 6.42 Å². The molecule has 0 N–H and O–H groups in total. The van der Waals surface area contributed by atoms with E-state index in [1.807, 2.05) is 27.7 Å². The van der Waals surface area contributed by atoms with E-state index < -0.39 is 40.2 Å². The second-order valence-corrected chi connectivity index (χ2v) is 11.3. The monoisotopic (exact) mass is 480 g/mol. The number of rotatable bonds is 15. The van der Waals surface area contributed by atoms with Gasteiger partial charge in [-0.25, -0.2) is 9.06 Å². The molecule has 1 fully saturated rings. The van der Waals surface area contributed by atoms with Crippen LogP contribution in [0.5, 0.6) is 0 Å². The first-order valence-corrected chi connectivity index (χ1v) is 13.5. The fourth-order valence-corrected chi connectivity index (χ4v) is 6.68. The van der Waals surface area contributed by atoms with Crippen LogP contribution in [0.3, 0.4) is 0 Å². The highest BCUT2D eigenvalue weighted by molar-refractivity contribution is 7.54. The number of hydrogen-bond donors (Lipinski definition) is 0. The summed E-state index contributed by atoms with van der Waals surface area (Å²) in [6, 6.07) is 1.56. The molecule has 3 unspecified atom stereocenters. The van der Waals surface area contributed by atoms with Crippen molar-refractivity contribution >= 4 is 24.0 Å². The van der Waals surface area contributed by atoms with Gasteiger partial charge in [0.1, 0.15) is 7.85 Å². The minimum absolute atomic E-state index is 0.0824.